The molecule has 0 aliphatic heterocycles. The Hall–Kier alpha value is -3.09. The minimum atomic E-state index is -0.0883. The maximum Gasteiger partial charge on any atom is 0.255 e. The third-order valence-electron chi connectivity index (χ3n) is 6.26. The summed E-state index contributed by atoms with van der Waals surface area (Å²) in [6.07, 6.45) is 7.70. The topological polar surface area (TPSA) is 59.5 Å². The molecule has 1 aliphatic rings. The highest BCUT2D eigenvalue weighted by atomic mass is 35.5. The van der Waals surface area contributed by atoms with E-state index in [0.29, 0.717) is 17.1 Å². The van der Waals surface area contributed by atoms with Crippen LogP contribution in [0, 0.1) is 13.8 Å². The average Bonchev–Trinajstić information content (AvgIpc) is 3.55. The number of hydrogen-bond acceptors (Lipinski definition) is 4. The monoisotopic (exact) mass is 491 g/mol. The van der Waals surface area contributed by atoms with E-state index in [2.05, 4.69) is 29.8 Å². The van der Waals surface area contributed by atoms with Gasteiger partial charge in [0, 0.05) is 38.8 Å². The molecular weight excluding hydrogens is 466 g/mol. The average molecular weight is 492 g/mol. The molecule has 0 atom stereocenters. The van der Waals surface area contributed by atoms with Crippen LogP contribution in [0.5, 0.6) is 0 Å². The van der Waals surface area contributed by atoms with Gasteiger partial charge < -0.3 is 14.3 Å². The van der Waals surface area contributed by atoms with Gasteiger partial charge in [-0.15, -0.1) is 11.3 Å². The number of thiophene rings is 1. The quantitative estimate of drug-likeness (QED) is 0.296. The van der Waals surface area contributed by atoms with E-state index in [1.54, 1.807) is 17.6 Å². The summed E-state index contributed by atoms with van der Waals surface area (Å²) < 4.78 is 7.56. The molecule has 0 fully saturated rings. The molecule has 3 heterocycles. The summed E-state index contributed by atoms with van der Waals surface area (Å²) in [6.45, 7) is 4.53. The molecule has 1 aliphatic carbocycles. The summed E-state index contributed by atoms with van der Waals surface area (Å²) in [5, 5.41) is 4.51. The Morgan fingerprint density at radius 3 is 2.76 bits per heavy atom. The second-order valence-corrected chi connectivity index (χ2v) is 10.1. The van der Waals surface area contributed by atoms with E-state index in [1.165, 1.54) is 4.88 Å². The Labute approximate surface area is 208 Å². The van der Waals surface area contributed by atoms with Crippen LogP contribution in [-0.4, -0.2) is 16.7 Å². The highest BCUT2D eigenvalue weighted by molar-refractivity contribution is 7.16. The van der Waals surface area contributed by atoms with E-state index in [1.807, 2.05) is 42.6 Å². The van der Waals surface area contributed by atoms with Gasteiger partial charge >= 0.3 is 0 Å². The molecule has 7 heteroatoms. The third kappa shape index (κ3) is 4.48. The lowest BCUT2D eigenvalue weighted by Gasteiger charge is -2.12. The zero-order valence-electron chi connectivity index (χ0n) is 19.2. The molecule has 1 aromatic carbocycles. The van der Waals surface area contributed by atoms with Crippen molar-refractivity contribution in [3.8, 4) is 5.69 Å². The molecule has 3 aromatic heterocycles. The van der Waals surface area contributed by atoms with Gasteiger partial charge in [0.15, 0.2) is 0 Å². The standard InChI is InChI=1S/C27H26ClN3O2S/c1-17-14-19(18(2)31(17)21-11-9-20(28)10-12-21)15-30-27-25(23-7-3-4-8-24(23)34-27)26(32)29-16-22-6-5-13-33-22/h5-6,9-15H,3-4,7-8,16H2,1-2H3,(H,29,32). The number of halogens is 1. The molecule has 34 heavy (non-hydrogen) atoms. The summed E-state index contributed by atoms with van der Waals surface area (Å²) in [7, 11) is 0. The first kappa shape index (κ1) is 22.7. The minimum Gasteiger partial charge on any atom is -0.467 e. The fourth-order valence-electron chi connectivity index (χ4n) is 4.58. The molecule has 0 saturated carbocycles. The first-order valence-electron chi connectivity index (χ1n) is 11.5. The van der Waals surface area contributed by atoms with Gasteiger partial charge in [-0.2, -0.15) is 0 Å². The fourth-order valence-corrected chi connectivity index (χ4v) is 5.94. The summed E-state index contributed by atoms with van der Waals surface area (Å²) in [5.41, 5.74) is 6.17. The largest absolute Gasteiger partial charge is 0.467 e. The number of hydrogen-bond donors (Lipinski definition) is 1. The van der Waals surface area contributed by atoms with E-state index in [9.17, 15) is 4.79 Å². The number of nitrogens with one attached hydrogen (secondary N) is 1. The molecular formula is C27H26ClN3O2S. The molecule has 5 rings (SSSR count). The van der Waals surface area contributed by atoms with Crippen molar-refractivity contribution in [2.24, 2.45) is 4.99 Å². The predicted octanol–water partition coefficient (Wildman–Crippen LogP) is 6.96. The highest BCUT2D eigenvalue weighted by Gasteiger charge is 2.25. The molecule has 1 amide bonds. The number of carbonyl (C=O) groups is 1. The second kappa shape index (κ2) is 9.65. The van der Waals surface area contributed by atoms with Crippen molar-refractivity contribution in [2.45, 2.75) is 46.1 Å². The number of furan rings is 1. The molecule has 1 N–H and O–H groups in total. The van der Waals surface area contributed by atoms with Crippen LogP contribution in [0.25, 0.3) is 5.69 Å². The molecule has 4 aromatic rings. The van der Waals surface area contributed by atoms with Gasteiger partial charge in [-0.05, 0) is 87.6 Å². The summed E-state index contributed by atoms with van der Waals surface area (Å²) in [4.78, 5) is 19.3. The lowest BCUT2D eigenvalue weighted by molar-refractivity contribution is 0.0948. The van der Waals surface area contributed by atoms with Gasteiger partial charge in [0.25, 0.3) is 5.91 Å². The van der Waals surface area contributed by atoms with E-state index < -0.39 is 0 Å². The molecule has 5 nitrogen and oxygen atoms in total. The van der Waals surface area contributed by atoms with Crippen molar-refractivity contribution in [2.75, 3.05) is 0 Å². The number of amides is 1. The maximum absolute atomic E-state index is 13.2. The van der Waals surface area contributed by atoms with Crippen LogP contribution in [0.4, 0.5) is 5.00 Å². The zero-order chi connectivity index (χ0) is 23.7. The number of aliphatic imine (C=N–C) groups is 1. The van der Waals surface area contributed by atoms with Crippen molar-refractivity contribution < 1.29 is 9.21 Å². The number of nitrogens with zero attached hydrogens (tertiary/aromatic N) is 2. The van der Waals surface area contributed by atoms with Crippen molar-refractivity contribution in [1.82, 2.24) is 9.88 Å². The first-order valence-corrected chi connectivity index (χ1v) is 12.6. The minimum absolute atomic E-state index is 0.0883. The lowest BCUT2D eigenvalue weighted by atomic mass is 9.95. The van der Waals surface area contributed by atoms with Crippen LogP contribution >= 0.6 is 22.9 Å². The lowest BCUT2D eigenvalue weighted by Crippen LogP contribution is -2.23. The normalized spacial score (nSPS) is 13.4. The molecule has 0 saturated heterocycles. The summed E-state index contributed by atoms with van der Waals surface area (Å²) in [5.74, 6) is 0.645. The van der Waals surface area contributed by atoms with Crippen molar-refractivity contribution in [1.29, 1.82) is 0 Å². The van der Waals surface area contributed by atoms with Gasteiger partial charge in [-0.1, -0.05) is 11.6 Å². The van der Waals surface area contributed by atoms with E-state index in [4.69, 9.17) is 21.0 Å². The number of fused-ring (bicyclic) bond motifs is 1. The Morgan fingerprint density at radius 1 is 1.21 bits per heavy atom. The van der Waals surface area contributed by atoms with Crippen molar-refractivity contribution in [3.05, 3.63) is 92.5 Å². The Balaban J connectivity index is 1.46. The summed E-state index contributed by atoms with van der Waals surface area (Å²) >= 11 is 7.71. The van der Waals surface area contributed by atoms with Crippen LogP contribution in [0.15, 0.2) is 58.1 Å². The van der Waals surface area contributed by atoms with E-state index in [0.717, 1.165) is 64.6 Å². The number of carbonyl (C=O) groups excluding carboxylic acids is 1. The van der Waals surface area contributed by atoms with Crippen LogP contribution in [0.3, 0.4) is 0 Å². The number of aromatic nitrogens is 1. The van der Waals surface area contributed by atoms with Gasteiger partial charge in [0.2, 0.25) is 0 Å². The maximum atomic E-state index is 13.2. The number of aryl methyl sites for hydroxylation is 2. The van der Waals surface area contributed by atoms with Crippen molar-refractivity contribution >= 4 is 40.1 Å². The molecule has 174 valence electrons. The predicted molar refractivity (Wildman–Crippen MR) is 138 cm³/mol. The smallest absolute Gasteiger partial charge is 0.255 e. The molecule has 0 unspecified atom stereocenters. The number of rotatable bonds is 6. The van der Waals surface area contributed by atoms with Gasteiger partial charge in [-0.25, -0.2) is 4.99 Å². The summed E-state index contributed by atoms with van der Waals surface area (Å²) in [6, 6.07) is 13.6. The van der Waals surface area contributed by atoms with Crippen LogP contribution in [0.2, 0.25) is 5.02 Å². The Morgan fingerprint density at radius 2 is 2.00 bits per heavy atom. The van der Waals surface area contributed by atoms with Crippen LogP contribution in [0.1, 0.15) is 56.4 Å². The molecule has 0 bridgehead atoms. The molecule has 0 spiro atoms. The SMILES string of the molecule is Cc1cc(C=Nc2sc3c(c2C(=O)NCc2ccco2)CCCC3)c(C)n1-c1ccc(Cl)cc1. The van der Waals surface area contributed by atoms with E-state index in [-0.39, 0.29) is 5.91 Å². The van der Waals surface area contributed by atoms with Gasteiger partial charge in [-0.3, -0.25) is 4.79 Å². The van der Waals surface area contributed by atoms with Gasteiger partial charge in [0.1, 0.15) is 10.8 Å². The second-order valence-electron chi connectivity index (χ2n) is 8.55. The molecule has 0 radical (unpaired) electrons. The van der Waals surface area contributed by atoms with E-state index >= 15 is 0 Å². The highest BCUT2D eigenvalue weighted by Crippen LogP contribution is 2.40. The van der Waals surface area contributed by atoms with Crippen molar-refractivity contribution in [3.63, 3.8) is 0 Å². The fraction of sp³-hybridized carbons (Fsp3) is 0.259. The van der Waals surface area contributed by atoms with Gasteiger partial charge in [0.05, 0.1) is 18.4 Å². The Kier molecular flexibility index (Phi) is 6.44. The Bertz CT molecular complexity index is 1350. The van der Waals surface area contributed by atoms with Crippen LogP contribution < -0.4 is 5.32 Å². The third-order valence-corrected chi connectivity index (χ3v) is 7.71. The number of benzene rings is 1. The van der Waals surface area contributed by atoms with Crippen LogP contribution in [-0.2, 0) is 19.4 Å². The first-order chi connectivity index (χ1) is 16.5. The zero-order valence-corrected chi connectivity index (χ0v) is 20.8.